The smallest absolute Gasteiger partial charge is 0.261 e. The summed E-state index contributed by atoms with van der Waals surface area (Å²) in [6.45, 7) is 0. The first-order valence-electron chi connectivity index (χ1n) is 7.78. The van der Waals surface area contributed by atoms with E-state index in [0.29, 0.717) is 17.0 Å². The SMILES string of the molecule is O=P(OC1CCCCC1O)(c1ccccc1)c1ccccc1. The van der Waals surface area contributed by atoms with Gasteiger partial charge in [0.25, 0.3) is 7.37 Å². The number of aliphatic hydroxyl groups excluding tert-OH is 1. The van der Waals surface area contributed by atoms with Crippen molar-refractivity contribution in [3.8, 4) is 0 Å². The van der Waals surface area contributed by atoms with Crippen molar-refractivity contribution in [1.29, 1.82) is 0 Å². The van der Waals surface area contributed by atoms with E-state index in [1.807, 2.05) is 60.7 Å². The molecular formula is C18H21O3P. The fourth-order valence-electron chi connectivity index (χ4n) is 2.91. The second kappa shape index (κ2) is 6.78. The summed E-state index contributed by atoms with van der Waals surface area (Å²) >= 11 is 0. The molecule has 1 saturated carbocycles. The van der Waals surface area contributed by atoms with Gasteiger partial charge >= 0.3 is 0 Å². The van der Waals surface area contributed by atoms with Crippen LogP contribution in [-0.4, -0.2) is 17.3 Å². The first kappa shape index (κ1) is 15.5. The average molecular weight is 316 g/mol. The van der Waals surface area contributed by atoms with Gasteiger partial charge in [0.05, 0.1) is 12.2 Å². The Morgan fingerprint density at radius 1 is 0.864 bits per heavy atom. The molecule has 2 unspecified atom stereocenters. The lowest BCUT2D eigenvalue weighted by Crippen LogP contribution is -2.34. The van der Waals surface area contributed by atoms with Crippen LogP contribution in [0, 0.1) is 0 Å². The van der Waals surface area contributed by atoms with E-state index in [9.17, 15) is 9.67 Å². The molecule has 116 valence electrons. The molecule has 0 aliphatic heterocycles. The molecule has 1 aliphatic rings. The highest BCUT2D eigenvalue weighted by atomic mass is 31.2. The Morgan fingerprint density at radius 2 is 1.36 bits per heavy atom. The molecule has 2 atom stereocenters. The minimum atomic E-state index is -3.19. The van der Waals surface area contributed by atoms with Gasteiger partial charge in [-0.2, -0.15) is 0 Å². The third kappa shape index (κ3) is 3.17. The molecule has 0 radical (unpaired) electrons. The van der Waals surface area contributed by atoms with E-state index in [1.165, 1.54) is 0 Å². The molecule has 0 amide bonds. The normalized spacial score (nSPS) is 22.4. The van der Waals surface area contributed by atoms with Crippen LogP contribution in [0.3, 0.4) is 0 Å². The van der Waals surface area contributed by atoms with E-state index >= 15 is 0 Å². The molecule has 1 N–H and O–H groups in total. The number of hydrogen-bond donors (Lipinski definition) is 1. The zero-order valence-electron chi connectivity index (χ0n) is 12.5. The Labute approximate surface area is 131 Å². The zero-order chi connectivity index (χ0) is 15.4. The second-order valence-electron chi connectivity index (χ2n) is 5.72. The van der Waals surface area contributed by atoms with Gasteiger partial charge in [-0.3, -0.25) is 4.57 Å². The third-order valence-electron chi connectivity index (χ3n) is 4.14. The van der Waals surface area contributed by atoms with Crippen molar-refractivity contribution in [2.45, 2.75) is 37.9 Å². The van der Waals surface area contributed by atoms with Gasteiger partial charge in [0.15, 0.2) is 0 Å². The summed E-state index contributed by atoms with van der Waals surface area (Å²) in [4.78, 5) is 0. The first-order chi connectivity index (χ1) is 10.7. The molecule has 2 aromatic carbocycles. The zero-order valence-corrected chi connectivity index (χ0v) is 13.4. The summed E-state index contributed by atoms with van der Waals surface area (Å²) in [6, 6.07) is 18.6. The van der Waals surface area contributed by atoms with Crippen LogP contribution in [0.5, 0.6) is 0 Å². The molecule has 2 aromatic rings. The number of aliphatic hydroxyl groups is 1. The monoisotopic (exact) mass is 316 g/mol. The Morgan fingerprint density at radius 3 is 1.86 bits per heavy atom. The fourth-order valence-corrected chi connectivity index (χ4v) is 5.21. The number of hydrogen-bond acceptors (Lipinski definition) is 3. The lowest BCUT2D eigenvalue weighted by molar-refractivity contribution is 0.0105. The van der Waals surface area contributed by atoms with Gasteiger partial charge in [-0.1, -0.05) is 49.2 Å². The van der Waals surface area contributed by atoms with Crippen molar-refractivity contribution >= 4 is 18.0 Å². The summed E-state index contributed by atoms with van der Waals surface area (Å²) in [6.07, 6.45) is 2.58. The van der Waals surface area contributed by atoms with Crippen LogP contribution in [0.4, 0.5) is 0 Å². The quantitative estimate of drug-likeness (QED) is 0.881. The highest BCUT2D eigenvalue weighted by Crippen LogP contribution is 2.47. The molecule has 4 heteroatoms. The van der Waals surface area contributed by atoms with Crippen LogP contribution in [-0.2, 0) is 9.09 Å². The lowest BCUT2D eigenvalue weighted by atomic mass is 9.95. The maximum Gasteiger partial charge on any atom is 0.261 e. The minimum absolute atomic E-state index is 0.361. The van der Waals surface area contributed by atoms with Gasteiger partial charge in [-0.15, -0.1) is 0 Å². The first-order valence-corrected chi connectivity index (χ1v) is 9.40. The Bertz CT molecular complexity index is 598. The van der Waals surface area contributed by atoms with E-state index in [1.54, 1.807) is 0 Å². The van der Waals surface area contributed by atoms with Crippen molar-refractivity contribution in [3.63, 3.8) is 0 Å². The molecule has 1 aliphatic carbocycles. The van der Waals surface area contributed by atoms with Crippen LogP contribution < -0.4 is 10.6 Å². The number of rotatable bonds is 4. The van der Waals surface area contributed by atoms with E-state index in [0.717, 1.165) is 19.3 Å². The summed E-state index contributed by atoms with van der Waals surface area (Å²) < 4.78 is 19.8. The standard InChI is InChI=1S/C18H21O3P/c19-17-13-7-8-14-18(17)21-22(20,15-9-3-1-4-10-15)16-11-5-2-6-12-16/h1-6,9-12,17-19H,7-8,13-14H2. The Hall–Kier alpha value is -1.41. The molecule has 0 heterocycles. The fraction of sp³-hybridized carbons (Fsp3) is 0.333. The molecule has 22 heavy (non-hydrogen) atoms. The van der Waals surface area contributed by atoms with Crippen LogP contribution >= 0.6 is 7.37 Å². The summed E-state index contributed by atoms with van der Waals surface area (Å²) in [7, 11) is -3.19. The third-order valence-corrected chi connectivity index (χ3v) is 6.67. The van der Waals surface area contributed by atoms with Gasteiger partial charge < -0.3 is 9.63 Å². The van der Waals surface area contributed by atoms with Gasteiger partial charge in [0, 0.05) is 10.6 Å². The summed E-state index contributed by atoms with van der Waals surface area (Å²) in [5.74, 6) is 0. The second-order valence-corrected chi connectivity index (χ2v) is 8.06. The molecule has 1 fully saturated rings. The Kier molecular flexibility index (Phi) is 4.77. The topological polar surface area (TPSA) is 46.5 Å². The Balaban J connectivity index is 1.98. The lowest BCUT2D eigenvalue weighted by Gasteiger charge is -2.31. The van der Waals surface area contributed by atoms with Crippen molar-refractivity contribution in [3.05, 3.63) is 60.7 Å². The van der Waals surface area contributed by atoms with Crippen molar-refractivity contribution < 1.29 is 14.2 Å². The van der Waals surface area contributed by atoms with Crippen LogP contribution in [0.1, 0.15) is 25.7 Å². The molecular weight excluding hydrogens is 295 g/mol. The van der Waals surface area contributed by atoms with Gasteiger partial charge in [0.2, 0.25) is 0 Å². The molecule has 0 aromatic heterocycles. The maximum atomic E-state index is 13.7. The highest BCUT2D eigenvalue weighted by molar-refractivity contribution is 7.74. The molecule has 3 rings (SSSR count). The van der Waals surface area contributed by atoms with Gasteiger partial charge in [0.1, 0.15) is 0 Å². The van der Waals surface area contributed by atoms with E-state index in [-0.39, 0.29) is 6.10 Å². The van der Waals surface area contributed by atoms with Crippen LogP contribution in [0.2, 0.25) is 0 Å². The minimum Gasteiger partial charge on any atom is -0.390 e. The van der Waals surface area contributed by atoms with Gasteiger partial charge in [-0.05, 0) is 37.1 Å². The predicted octanol–water partition coefficient (Wildman–Crippen LogP) is 3.24. The van der Waals surface area contributed by atoms with Crippen LogP contribution in [0.15, 0.2) is 60.7 Å². The van der Waals surface area contributed by atoms with E-state index < -0.39 is 13.5 Å². The van der Waals surface area contributed by atoms with E-state index in [4.69, 9.17) is 4.52 Å². The van der Waals surface area contributed by atoms with Crippen molar-refractivity contribution in [1.82, 2.24) is 0 Å². The number of benzene rings is 2. The summed E-state index contributed by atoms with van der Waals surface area (Å²) in [5.41, 5.74) is 0. The van der Waals surface area contributed by atoms with Gasteiger partial charge in [-0.25, -0.2) is 0 Å². The molecule has 0 bridgehead atoms. The highest BCUT2D eigenvalue weighted by Gasteiger charge is 2.35. The molecule has 3 nitrogen and oxygen atoms in total. The largest absolute Gasteiger partial charge is 0.390 e. The summed E-state index contributed by atoms with van der Waals surface area (Å²) in [5, 5.41) is 11.5. The molecule has 0 saturated heterocycles. The van der Waals surface area contributed by atoms with Crippen LogP contribution in [0.25, 0.3) is 0 Å². The van der Waals surface area contributed by atoms with Crippen molar-refractivity contribution in [2.24, 2.45) is 0 Å². The average Bonchev–Trinajstić information content (AvgIpc) is 2.58. The maximum absolute atomic E-state index is 13.7. The van der Waals surface area contributed by atoms with E-state index in [2.05, 4.69) is 0 Å². The predicted molar refractivity (Wildman–Crippen MR) is 89.1 cm³/mol. The molecule has 0 spiro atoms. The van der Waals surface area contributed by atoms with Crippen molar-refractivity contribution in [2.75, 3.05) is 0 Å².